The Balaban J connectivity index is 1.44. The van der Waals surface area contributed by atoms with Gasteiger partial charge in [-0.2, -0.15) is 17.5 Å². The van der Waals surface area contributed by atoms with E-state index in [2.05, 4.69) is 15.3 Å². The standard InChI is InChI=1S/C23H20F3N5O5S/c24-23(25,26)16-5-3-15(4-6-16)20-12-17(28-14-29-20)13-27-22(32)21-2-1-11-30(21)37(35,36)19-9-7-18(8-10-19)31(33)34/h3-10,12,14,21H,1-2,11,13H2,(H,27,32)/t21-/m0/s1. The number of alkyl halides is 3. The number of nitro benzene ring substituents is 1. The molecule has 0 bridgehead atoms. The normalized spacial score (nSPS) is 16.5. The minimum Gasteiger partial charge on any atom is -0.349 e. The van der Waals surface area contributed by atoms with Crippen LogP contribution in [0.4, 0.5) is 18.9 Å². The summed E-state index contributed by atoms with van der Waals surface area (Å²) in [6.07, 6.45) is -2.50. The number of carbonyl (C=O) groups excluding carboxylic acids is 1. The summed E-state index contributed by atoms with van der Waals surface area (Å²) in [6.45, 7) is 0.0554. The maximum Gasteiger partial charge on any atom is 0.416 e. The summed E-state index contributed by atoms with van der Waals surface area (Å²) < 4.78 is 65.6. The minimum absolute atomic E-state index is 0.0586. The van der Waals surface area contributed by atoms with E-state index < -0.39 is 38.6 Å². The van der Waals surface area contributed by atoms with Crippen molar-refractivity contribution in [1.82, 2.24) is 19.6 Å². The molecule has 3 aromatic rings. The van der Waals surface area contributed by atoms with Crippen molar-refractivity contribution >= 4 is 21.6 Å². The molecule has 1 aliphatic heterocycles. The molecule has 0 spiro atoms. The van der Waals surface area contributed by atoms with E-state index in [0.717, 1.165) is 40.7 Å². The lowest BCUT2D eigenvalue weighted by Gasteiger charge is -2.23. The molecule has 4 rings (SSSR count). The van der Waals surface area contributed by atoms with Gasteiger partial charge in [0.15, 0.2) is 0 Å². The van der Waals surface area contributed by atoms with Crippen molar-refractivity contribution in [1.29, 1.82) is 0 Å². The Hall–Kier alpha value is -3.91. The highest BCUT2D eigenvalue weighted by molar-refractivity contribution is 7.89. The van der Waals surface area contributed by atoms with Crippen LogP contribution < -0.4 is 5.32 Å². The van der Waals surface area contributed by atoms with E-state index in [4.69, 9.17) is 0 Å². The number of benzene rings is 2. The topological polar surface area (TPSA) is 135 Å². The highest BCUT2D eigenvalue weighted by atomic mass is 32.2. The lowest BCUT2D eigenvalue weighted by atomic mass is 10.1. The number of non-ortho nitro benzene ring substituents is 1. The Morgan fingerprint density at radius 2 is 1.78 bits per heavy atom. The predicted octanol–water partition coefficient (Wildman–Crippen LogP) is 3.54. The van der Waals surface area contributed by atoms with Crippen molar-refractivity contribution in [2.45, 2.75) is 36.5 Å². The Labute approximate surface area is 209 Å². The second-order valence-corrected chi connectivity index (χ2v) is 10.1. The molecule has 10 nitrogen and oxygen atoms in total. The number of sulfonamides is 1. The van der Waals surface area contributed by atoms with E-state index in [1.54, 1.807) is 0 Å². The number of nitro groups is 1. The van der Waals surface area contributed by atoms with Gasteiger partial charge in [0.1, 0.15) is 12.4 Å². The molecule has 0 unspecified atom stereocenters. The first-order valence-electron chi connectivity index (χ1n) is 11.0. The van der Waals surface area contributed by atoms with Gasteiger partial charge in [-0.25, -0.2) is 18.4 Å². The molecule has 1 N–H and O–H groups in total. The number of aromatic nitrogens is 2. The molecule has 1 aliphatic rings. The number of nitrogens with zero attached hydrogens (tertiary/aromatic N) is 4. The summed E-state index contributed by atoms with van der Waals surface area (Å²) >= 11 is 0. The zero-order valence-corrected chi connectivity index (χ0v) is 19.9. The number of hydrogen-bond donors (Lipinski definition) is 1. The fourth-order valence-corrected chi connectivity index (χ4v) is 5.60. The SMILES string of the molecule is O=C(NCc1cc(-c2ccc(C(F)(F)F)cc2)ncn1)[C@@H]1CCCN1S(=O)(=O)c1ccc([N+](=O)[O-])cc1. The van der Waals surface area contributed by atoms with Gasteiger partial charge < -0.3 is 5.32 Å². The molecule has 1 amide bonds. The van der Waals surface area contributed by atoms with Crippen LogP contribution in [-0.4, -0.2) is 46.1 Å². The third-order valence-corrected chi connectivity index (χ3v) is 7.76. The van der Waals surface area contributed by atoms with Crippen molar-refractivity contribution in [2.75, 3.05) is 6.54 Å². The van der Waals surface area contributed by atoms with Crippen LogP contribution in [-0.2, 0) is 27.5 Å². The third kappa shape index (κ3) is 5.75. The van der Waals surface area contributed by atoms with Gasteiger partial charge in [-0.05, 0) is 43.2 Å². The predicted molar refractivity (Wildman–Crippen MR) is 124 cm³/mol. The number of hydrogen-bond acceptors (Lipinski definition) is 7. The molecule has 1 aromatic heterocycles. The van der Waals surface area contributed by atoms with E-state index in [1.807, 2.05) is 0 Å². The second kappa shape index (κ2) is 10.2. The third-order valence-electron chi connectivity index (χ3n) is 5.84. The van der Waals surface area contributed by atoms with Crippen LogP contribution in [0.25, 0.3) is 11.3 Å². The van der Waals surface area contributed by atoms with Gasteiger partial charge in [-0.15, -0.1) is 0 Å². The Morgan fingerprint density at radius 1 is 1.11 bits per heavy atom. The monoisotopic (exact) mass is 535 g/mol. The molecular formula is C23H20F3N5O5S. The molecule has 1 atom stereocenters. The van der Waals surface area contributed by atoms with Crippen LogP contribution >= 0.6 is 0 Å². The maximum atomic E-state index is 13.1. The van der Waals surface area contributed by atoms with Crippen LogP contribution in [0.5, 0.6) is 0 Å². The van der Waals surface area contributed by atoms with Crippen LogP contribution in [0.3, 0.4) is 0 Å². The number of amides is 1. The van der Waals surface area contributed by atoms with Gasteiger partial charge in [0.25, 0.3) is 5.69 Å². The van der Waals surface area contributed by atoms with Crippen molar-refractivity contribution in [3.8, 4) is 11.3 Å². The van der Waals surface area contributed by atoms with E-state index >= 15 is 0 Å². The summed E-state index contributed by atoms with van der Waals surface area (Å²) in [5.74, 6) is -0.544. The highest BCUT2D eigenvalue weighted by Gasteiger charge is 2.39. The Kier molecular flexibility index (Phi) is 7.23. The first-order chi connectivity index (χ1) is 17.5. The van der Waals surface area contributed by atoms with Crippen LogP contribution in [0.1, 0.15) is 24.1 Å². The fraction of sp³-hybridized carbons (Fsp3) is 0.261. The maximum absolute atomic E-state index is 13.1. The van der Waals surface area contributed by atoms with Crippen molar-refractivity contribution in [3.63, 3.8) is 0 Å². The average Bonchev–Trinajstić information content (AvgIpc) is 3.38. The summed E-state index contributed by atoms with van der Waals surface area (Å²) in [4.78, 5) is 31.1. The zero-order valence-electron chi connectivity index (χ0n) is 19.1. The molecule has 2 aromatic carbocycles. The Morgan fingerprint density at radius 3 is 2.41 bits per heavy atom. The smallest absolute Gasteiger partial charge is 0.349 e. The van der Waals surface area contributed by atoms with Crippen LogP contribution in [0.15, 0.2) is 65.8 Å². The second-order valence-electron chi connectivity index (χ2n) is 8.21. The van der Waals surface area contributed by atoms with E-state index in [0.29, 0.717) is 29.8 Å². The summed E-state index contributed by atoms with van der Waals surface area (Å²) in [5, 5.41) is 13.5. The molecular weight excluding hydrogens is 515 g/mol. The minimum atomic E-state index is -4.46. The quantitative estimate of drug-likeness (QED) is 0.361. The molecule has 37 heavy (non-hydrogen) atoms. The summed E-state index contributed by atoms with van der Waals surface area (Å²) in [7, 11) is -4.07. The van der Waals surface area contributed by atoms with E-state index in [9.17, 15) is 36.5 Å². The first kappa shape index (κ1) is 26.2. The summed E-state index contributed by atoms with van der Waals surface area (Å²) in [5.41, 5.74) is 0.120. The largest absolute Gasteiger partial charge is 0.416 e. The van der Waals surface area contributed by atoms with Crippen molar-refractivity contribution in [3.05, 3.63) is 82.3 Å². The van der Waals surface area contributed by atoms with Crippen molar-refractivity contribution < 1.29 is 31.3 Å². The number of halogens is 3. The zero-order chi connectivity index (χ0) is 26.8. The van der Waals surface area contributed by atoms with Gasteiger partial charge in [-0.1, -0.05) is 12.1 Å². The highest BCUT2D eigenvalue weighted by Crippen LogP contribution is 2.31. The van der Waals surface area contributed by atoms with Crippen molar-refractivity contribution in [2.24, 2.45) is 0 Å². The average molecular weight is 536 g/mol. The molecule has 14 heteroatoms. The molecule has 0 radical (unpaired) electrons. The number of rotatable bonds is 7. The molecule has 2 heterocycles. The lowest BCUT2D eigenvalue weighted by Crippen LogP contribution is -2.45. The first-order valence-corrected chi connectivity index (χ1v) is 12.4. The van der Waals surface area contributed by atoms with Gasteiger partial charge >= 0.3 is 6.18 Å². The van der Waals surface area contributed by atoms with Crippen LogP contribution in [0.2, 0.25) is 0 Å². The van der Waals surface area contributed by atoms with E-state index in [-0.39, 0.29) is 23.7 Å². The lowest BCUT2D eigenvalue weighted by molar-refractivity contribution is -0.384. The van der Waals surface area contributed by atoms with Gasteiger partial charge in [0.2, 0.25) is 15.9 Å². The molecule has 0 aliphatic carbocycles. The molecule has 1 saturated heterocycles. The van der Waals surface area contributed by atoms with Crippen LogP contribution in [0, 0.1) is 10.1 Å². The fourth-order valence-electron chi connectivity index (χ4n) is 3.94. The molecule has 1 fully saturated rings. The van der Waals surface area contributed by atoms with E-state index in [1.165, 1.54) is 24.5 Å². The van der Waals surface area contributed by atoms with Gasteiger partial charge in [-0.3, -0.25) is 14.9 Å². The summed E-state index contributed by atoms with van der Waals surface area (Å²) in [6, 6.07) is 9.43. The molecule has 0 saturated carbocycles. The Bertz CT molecular complexity index is 1410. The van der Waals surface area contributed by atoms with Gasteiger partial charge in [0.05, 0.1) is 33.3 Å². The molecule has 194 valence electrons. The number of carbonyl (C=O) groups is 1. The van der Waals surface area contributed by atoms with Gasteiger partial charge in [0, 0.05) is 24.2 Å². The number of nitrogens with one attached hydrogen (secondary N) is 1.